The normalized spacial score (nSPS) is 25.7. The summed E-state index contributed by atoms with van der Waals surface area (Å²) in [4.78, 5) is 18.6. The molecule has 5 heteroatoms. The number of halogens is 1. The van der Waals surface area contributed by atoms with E-state index in [0.29, 0.717) is 23.8 Å². The van der Waals surface area contributed by atoms with Gasteiger partial charge in [-0.1, -0.05) is 18.5 Å². The van der Waals surface area contributed by atoms with Gasteiger partial charge in [0.25, 0.3) is 5.91 Å². The minimum Gasteiger partial charge on any atom is -0.371 e. The number of carbonyl (C=O) groups is 1. The Labute approximate surface area is 117 Å². The van der Waals surface area contributed by atoms with Crippen LogP contribution in [0.15, 0.2) is 12.1 Å². The van der Waals surface area contributed by atoms with Crippen LogP contribution in [-0.4, -0.2) is 41.1 Å². The van der Waals surface area contributed by atoms with Crippen molar-refractivity contribution in [2.24, 2.45) is 0 Å². The van der Waals surface area contributed by atoms with Gasteiger partial charge >= 0.3 is 0 Å². The van der Waals surface area contributed by atoms with Gasteiger partial charge in [-0.15, -0.1) is 0 Å². The first-order valence-electron chi connectivity index (χ1n) is 6.77. The number of ether oxygens (including phenoxy) is 1. The van der Waals surface area contributed by atoms with Crippen LogP contribution in [0.25, 0.3) is 0 Å². The molecule has 0 saturated carbocycles. The molecule has 3 rings (SSSR count). The molecule has 0 aromatic carbocycles. The number of aromatic nitrogens is 1. The maximum atomic E-state index is 12.5. The predicted molar refractivity (Wildman–Crippen MR) is 72.4 cm³/mol. The van der Waals surface area contributed by atoms with Gasteiger partial charge in [0, 0.05) is 24.3 Å². The van der Waals surface area contributed by atoms with E-state index >= 15 is 0 Å². The van der Waals surface area contributed by atoms with E-state index in [4.69, 9.17) is 16.3 Å². The van der Waals surface area contributed by atoms with Gasteiger partial charge in [-0.2, -0.15) is 0 Å². The average molecular weight is 281 g/mol. The van der Waals surface area contributed by atoms with Crippen molar-refractivity contribution in [1.29, 1.82) is 0 Å². The molecule has 4 nitrogen and oxygen atoms in total. The molecule has 2 bridgehead atoms. The van der Waals surface area contributed by atoms with E-state index in [-0.39, 0.29) is 18.1 Å². The number of amides is 1. The summed E-state index contributed by atoms with van der Waals surface area (Å²) in [6.07, 6.45) is 3.32. The molecule has 2 aliphatic rings. The van der Waals surface area contributed by atoms with Crippen molar-refractivity contribution < 1.29 is 9.53 Å². The first kappa shape index (κ1) is 12.9. The minimum atomic E-state index is 0.0409. The number of carbonyl (C=O) groups excluding carboxylic acids is 1. The van der Waals surface area contributed by atoms with Gasteiger partial charge in [-0.05, 0) is 31.4 Å². The maximum absolute atomic E-state index is 12.5. The Morgan fingerprint density at radius 3 is 2.74 bits per heavy atom. The molecule has 2 aliphatic heterocycles. The number of likely N-dealkylation sites (tertiary alicyclic amines) is 1. The largest absolute Gasteiger partial charge is 0.371 e. The Morgan fingerprint density at radius 1 is 1.42 bits per heavy atom. The van der Waals surface area contributed by atoms with Crippen LogP contribution in [0.5, 0.6) is 0 Å². The number of fused-ring (bicyclic) bond motifs is 2. The number of aryl methyl sites for hydroxylation is 1. The van der Waals surface area contributed by atoms with Gasteiger partial charge in [0.2, 0.25) is 0 Å². The Balaban J connectivity index is 1.81. The molecule has 0 radical (unpaired) electrons. The van der Waals surface area contributed by atoms with Crippen LogP contribution in [0.2, 0.25) is 5.15 Å². The van der Waals surface area contributed by atoms with Crippen LogP contribution in [0.1, 0.15) is 35.8 Å². The quantitative estimate of drug-likeness (QED) is 0.781. The first-order valence-corrected chi connectivity index (χ1v) is 7.14. The van der Waals surface area contributed by atoms with Crippen LogP contribution in [0.4, 0.5) is 0 Å². The SMILES string of the molecule is CCc1cc(C(=O)N2CC3CCC(C2)O3)cc(Cl)n1. The first-order chi connectivity index (χ1) is 9.15. The van der Waals surface area contributed by atoms with Gasteiger partial charge < -0.3 is 9.64 Å². The summed E-state index contributed by atoms with van der Waals surface area (Å²) in [7, 11) is 0. The van der Waals surface area contributed by atoms with Crippen LogP contribution in [0.3, 0.4) is 0 Å². The van der Waals surface area contributed by atoms with Crippen molar-refractivity contribution in [1.82, 2.24) is 9.88 Å². The molecule has 0 N–H and O–H groups in total. The highest BCUT2D eigenvalue weighted by Gasteiger charge is 2.36. The van der Waals surface area contributed by atoms with Gasteiger partial charge in [-0.3, -0.25) is 4.79 Å². The molecule has 2 fully saturated rings. The van der Waals surface area contributed by atoms with Gasteiger partial charge in [0.1, 0.15) is 5.15 Å². The molecule has 0 spiro atoms. The lowest BCUT2D eigenvalue weighted by Gasteiger charge is -2.32. The smallest absolute Gasteiger partial charge is 0.254 e. The molecule has 2 saturated heterocycles. The third kappa shape index (κ3) is 2.60. The third-order valence-corrected chi connectivity index (χ3v) is 3.98. The topological polar surface area (TPSA) is 42.4 Å². The molecule has 102 valence electrons. The van der Waals surface area contributed by atoms with Crippen molar-refractivity contribution in [3.63, 3.8) is 0 Å². The second-order valence-corrected chi connectivity index (χ2v) is 5.58. The van der Waals surface area contributed by atoms with E-state index in [1.54, 1.807) is 6.07 Å². The summed E-state index contributed by atoms with van der Waals surface area (Å²) in [5.41, 5.74) is 1.49. The summed E-state index contributed by atoms with van der Waals surface area (Å²) < 4.78 is 5.75. The van der Waals surface area contributed by atoms with Gasteiger partial charge in [-0.25, -0.2) is 4.98 Å². The van der Waals surface area contributed by atoms with E-state index < -0.39 is 0 Å². The van der Waals surface area contributed by atoms with E-state index in [1.165, 1.54) is 0 Å². The van der Waals surface area contributed by atoms with Crippen molar-refractivity contribution in [3.8, 4) is 0 Å². The monoisotopic (exact) mass is 280 g/mol. The zero-order chi connectivity index (χ0) is 13.4. The summed E-state index contributed by atoms with van der Waals surface area (Å²) >= 11 is 5.97. The van der Waals surface area contributed by atoms with Crippen molar-refractivity contribution in [2.45, 2.75) is 38.4 Å². The van der Waals surface area contributed by atoms with E-state index in [9.17, 15) is 4.79 Å². The fourth-order valence-corrected chi connectivity index (χ4v) is 3.05. The molecule has 1 aromatic heterocycles. The van der Waals surface area contributed by atoms with E-state index in [2.05, 4.69) is 4.98 Å². The van der Waals surface area contributed by atoms with Crippen LogP contribution in [0, 0.1) is 0 Å². The second kappa shape index (κ2) is 5.10. The summed E-state index contributed by atoms with van der Waals surface area (Å²) in [6, 6.07) is 3.49. The lowest BCUT2D eigenvalue weighted by Crippen LogP contribution is -2.45. The second-order valence-electron chi connectivity index (χ2n) is 5.19. The zero-order valence-electron chi connectivity index (χ0n) is 10.9. The molecule has 2 atom stereocenters. The number of nitrogens with zero attached hydrogens (tertiary/aromatic N) is 2. The number of hydrogen-bond donors (Lipinski definition) is 0. The Morgan fingerprint density at radius 2 is 2.11 bits per heavy atom. The molecule has 1 amide bonds. The third-order valence-electron chi connectivity index (χ3n) is 3.79. The molecule has 2 unspecified atom stereocenters. The van der Waals surface area contributed by atoms with Crippen LogP contribution >= 0.6 is 11.6 Å². The fourth-order valence-electron chi connectivity index (χ4n) is 2.82. The van der Waals surface area contributed by atoms with Gasteiger partial charge in [0.05, 0.1) is 12.2 Å². The average Bonchev–Trinajstić information content (AvgIpc) is 2.75. The molecule has 3 heterocycles. The minimum absolute atomic E-state index is 0.0409. The molecule has 19 heavy (non-hydrogen) atoms. The fraction of sp³-hybridized carbons (Fsp3) is 0.571. The van der Waals surface area contributed by atoms with E-state index in [1.807, 2.05) is 17.9 Å². The summed E-state index contributed by atoms with van der Waals surface area (Å²) in [5, 5.41) is 0.388. The maximum Gasteiger partial charge on any atom is 0.254 e. The molecule has 0 aliphatic carbocycles. The standard InChI is InChI=1S/C14H17ClN2O2/c1-2-10-5-9(6-13(15)16-10)14(18)17-7-11-3-4-12(8-17)19-11/h5-6,11-12H,2-4,7-8H2,1H3. The number of morpholine rings is 1. The van der Waals surface area contributed by atoms with Crippen molar-refractivity contribution in [2.75, 3.05) is 13.1 Å². The summed E-state index contributed by atoms with van der Waals surface area (Å²) in [5.74, 6) is 0.0409. The zero-order valence-corrected chi connectivity index (χ0v) is 11.7. The van der Waals surface area contributed by atoms with Crippen LogP contribution < -0.4 is 0 Å². The predicted octanol–water partition coefficient (Wildman–Crippen LogP) is 2.30. The van der Waals surface area contributed by atoms with Crippen molar-refractivity contribution >= 4 is 17.5 Å². The highest BCUT2D eigenvalue weighted by Crippen LogP contribution is 2.27. The van der Waals surface area contributed by atoms with Crippen LogP contribution in [-0.2, 0) is 11.2 Å². The lowest BCUT2D eigenvalue weighted by molar-refractivity contribution is -0.0303. The Hall–Kier alpha value is -1.13. The van der Waals surface area contributed by atoms with E-state index in [0.717, 1.165) is 25.0 Å². The lowest BCUT2D eigenvalue weighted by atomic mass is 10.1. The number of rotatable bonds is 2. The highest BCUT2D eigenvalue weighted by atomic mass is 35.5. The Bertz CT molecular complexity index is 494. The number of hydrogen-bond acceptors (Lipinski definition) is 3. The molecule has 1 aromatic rings. The molecular formula is C14H17ClN2O2. The highest BCUT2D eigenvalue weighted by molar-refractivity contribution is 6.29. The molecular weight excluding hydrogens is 264 g/mol. The Kier molecular flexibility index (Phi) is 3.46. The number of pyridine rings is 1. The van der Waals surface area contributed by atoms with Gasteiger partial charge in [0.15, 0.2) is 0 Å². The summed E-state index contributed by atoms with van der Waals surface area (Å²) in [6.45, 7) is 3.38. The van der Waals surface area contributed by atoms with Crippen molar-refractivity contribution in [3.05, 3.63) is 28.5 Å².